The molecule has 3 rings (SSSR count). The van der Waals surface area contributed by atoms with Crippen LogP contribution in [0.1, 0.15) is 41.8 Å². The van der Waals surface area contributed by atoms with E-state index in [0.29, 0.717) is 28.7 Å². The highest BCUT2D eigenvalue weighted by molar-refractivity contribution is 7.16. The van der Waals surface area contributed by atoms with Gasteiger partial charge in [0.15, 0.2) is 10.8 Å². The number of aliphatic carboxylic acids is 1. The number of carboxylic acid groups (broad SMARTS) is 1. The van der Waals surface area contributed by atoms with Crippen LogP contribution in [0.3, 0.4) is 0 Å². The molecule has 1 aliphatic rings. The van der Waals surface area contributed by atoms with Crippen LogP contribution in [-0.2, 0) is 4.79 Å². The van der Waals surface area contributed by atoms with E-state index in [4.69, 9.17) is 5.11 Å². The van der Waals surface area contributed by atoms with Crippen LogP contribution in [0.2, 0.25) is 0 Å². The molecule has 1 saturated heterocycles. The van der Waals surface area contributed by atoms with Crippen LogP contribution in [0.4, 0.5) is 0 Å². The number of likely N-dealkylation sites (tertiary alicyclic amines) is 1. The van der Waals surface area contributed by atoms with Gasteiger partial charge in [0.25, 0.3) is 5.91 Å². The number of piperidine rings is 1. The number of amides is 1. The third-order valence-electron chi connectivity index (χ3n) is 4.05. The second-order valence-electron chi connectivity index (χ2n) is 5.68. The van der Waals surface area contributed by atoms with E-state index in [1.165, 1.54) is 11.3 Å². The minimum atomic E-state index is -0.825. The Morgan fingerprint density at radius 3 is 2.79 bits per heavy atom. The van der Waals surface area contributed by atoms with Gasteiger partial charge in [-0.15, -0.1) is 11.3 Å². The fraction of sp³-hybridized carbons (Fsp3) is 0.438. The molecule has 0 aromatic carbocycles. The summed E-state index contributed by atoms with van der Waals surface area (Å²) in [5, 5.41) is 9.50. The lowest BCUT2D eigenvalue weighted by Crippen LogP contribution is -2.43. The van der Waals surface area contributed by atoms with E-state index >= 15 is 0 Å². The quantitative estimate of drug-likeness (QED) is 0.893. The van der Waals surface area contributed by atoms with Gasteiger partial charge in [-0.05, 0) is 31.7 Å². The van der Waals surface area contributed by atoms with Gasteiger partial charge in [-0.3, -0.25) is 9.59 Å². The highest BCUT2D eigenvalue weighted by Crippen LogP contribution is 2.27. The van der Waals surface area contributed by atoms with Crippen molar-refractivity contribution in [2.45, 2.75) is 38.1 Å². The number of thiazole rings is 1. The fourth-order valence-electron chi connectivity index (χ4n) is 2.89. The molecule has 1 fully saturated rings. The van der Waals surface area contributed by atoms with Crippen LogP contribution < -0.4 is 0 Å². The minimum absolute atomic E-state index is 0.0131. The van der Waals surface area contributed by atoms with Crippen LogP contribution in [0.25, 0.3) is 10.8 Å². The molecule has 8 heteroatoms. The molecule has 2 aromatic rings. The second kappa shape index (κ2) is 7.48. The zero-order chi connectivity index (χ0) is 16.9. The molecule has 0 spiro atoms. The van der Waals surface area contributed by atoms with Gasteiger partial charge in [0.05, 0.1) is 6.20 Å². The zero-order valence-electron chi connectivity index (χ0n) is 13.1. The van der Waals surface area contributed by atoms with Crippen LogP contribution in [0, 0.1) is 0 Å². The Bertz CT molecular complexity index is 719. The average Bonchev–Trinajstić information content (AvgIpc) is 3.10. The second-order valence-corrected chi connectivity index (χ2v) is 6.71. The SMILES string of the molecule is O=C(O)CCC1CCCCN1C(=O)c1cnc(-c2ncccn2)s1. The Morgan fingerprint density at radius 1 is 1.25 bits per heavy atom. The number of hydrogen-bond acceptors (Lipinski definition) is 6. The van der Waals surface area contributed by atoms with E-state index in [9.17, 15) is 9.59 Å². The third-order valence-corrected chi connectivity index (χ3v) is 5.03. The van der Waals surface area contributed by atoms with Gasteiger partial charge in [-0.1, -0.05) is 0 Å². The molecule has 24 heavy (non-hydrogen) atoms. The van der Waals surface area contributed by atoms with Crippen molar-refractivity contribution in [1.29, 1.82) is 0 Å². The Hall–Kier alpha value is -2.35. The standard InChI is InChI=1S/C16H18N4O3S/c21-13(22)6-5-11-4-1-2-9-20(11)16(23)12-10-19-15(24-12)14-17-7-3-8-18-14/h3,7-8,10-11H,1-2,4-6,9H2,(H,21,22). The maximum Gasteiger partial charge on any atom is 0.303 e. The van der Waals surface area contributed by atoms with Crippen LogP contribution in [-0.4, -0.2) is 49.4 Å². The fourth-order valence-corrected chi connectivity index (χ4v) is 3.71. The summed E-state index contributed by atoms with van der Waals surface area (Å²) >= 11 is 1.27. The smallest absolute Gasteiger partial charge is 0.303 e. The van der Waals surface area contributed by atoms with Crippen molar-refractivity contribution in [2.24, 2.45) is 0 Å². The first kappa shape index (κ1) is 16.5. The van der Waals surface area contributed by atoms with Gasteiger partial charge in [-0.25, -0.2) is 15.0 Å². The van der Waals surface area contributed by atoms with Crippen molar-refractivity contribution < 1.29 is 14.7 Å². The molecule has 0 saturated carbocycles. The highest BCUT2D eigenvalue weighted by Gasteiger charge is 2.29. The molecule has 1 amide bonds. The monoisotopic (exact) mass is 346 g/mol. The molecule has 1 N–H and O–H groups in total. The molecule has 1 unspecified atom stereocenters. The lowest BCUT2D eigenvalue weighted by molar-refractivity contribution is -0.137. The summed E-state index contributed by atoms with van der Waals surface area (Å²) < 4.78 is 0. The number of carboxylic acids is 1. The number of aromatic nitrogens is 3. The highest BCUT2D eigenvalue weighted by atomic mass is 32.1. The topological polar surface area (TPSA) is 96.3 Å². The molecule has 1 aliphatic heterocycles. The molecule has 3 heterocycles. The van der Waals surface area contributed by atoms with Gasteiger partial charge < -0.3 is 10.0 Å². The van der Waals surface area contributed by atoms with Crippen LogP contribution >= 0.6 is 11.3 Å². The Morgan fingerprint density at radius 2 is 2.04 bits per heavy atom. The molecular weight excluding hydrogens is 328 g/mol. The summed E-state index contributed by atoms with van der Waals surface area (Å²) in [7, 11) is 0. The van der Waals surface area contributed by atoms with Crippen LogP contribution in [0.5, 0.6) is 0 Å². The number of carbonyl (C=O) groups is 2. The van der Waals surface area contributed by atoms with Crippen molar-refractivity contribution in [3.8, 4) is 10.8 Å². The molecule has 0 aliphatic carbocycles. The number of hydrogen-bond donors (Lipinski definition) is 1. The Kier molecular flexibility index (Phi) is 5.14. The Balaban J connectivity index is 1.74. The summed E-state index contributed by atoms with van der Waals surface area (Å²) in [4.78, 5) is 38.5. The van der Waals surface area contributed by atoms with Gasteiger partial charge in [0.2, 0.25) is 0 Å². The average molecular weight is 346 g/mol. The summed E-state index contributed by atoms with van der Waals surface area (Å²) in [6, 6.07) is 1.71. The minimum Gasteiger partial charge on any atom is -0.481 e. The van der Waals surface area contributed by atoms with Gasteiger partial charge in [-0.2, -0.15) is 0 Å². The molecule has 7 nitrogen and oxygen atoms in total. The van der Waals surface area contributed by atoms with E-state index < -0.39 is 5.97 Å². The molecule has 0 radical (unpaired) electrons. The van der Waals surface area contributed by atoms with E-state index in [1.807, 2.05) is 0 Å². The van der Waals surface area contributed by atoms with Gasteiger partial charge in [0, 0.05) is 31.4 Å². The first-order valence-corrected chi connectivity index (χ1v) is 8.73. The largest absolute Gasteiger partial charge is 0.481 e. The van der Waals surface area contributed by atoms with Gasteiger partial charge in [0.1, 0.15) is 4.88 Å². The number of carbonyl (C=O) groups excluding carboxylic acids is 1. The third kappa shape index (κ3) is 3.76. The maximum atomic E-state index is 12.8. The summed E-state index contributed by atoms with van der Waals surface area (Å²) in [5.74, 6) is -0.401. The van der Waals surface area contributed by atoms with Crippen molar-refractivity contribution in [1.82, 2.24) is 19.9 Å². The van der Waals surface area contributed by atoms with Crippen molar-refractivity contribution in [2.75, 3.05) is 6.54 Å². The molecule has 2 aromatic heterocycles. The lowest BCUT2D eigenvalue weighted by Gasteiger charge is -2.35. The molecule has 1 atom stereocenters. The van der Waals surface area contributed by atoms with Crippen molar-refractivity contribution >= 4 is 23.2 Å². The predicted molar refractivity (Wildman–Crippen MR) is 88.7 cm³/mol. The summed E-state index contributed by atoms with van der Waals surface area (Å²) in [6.07, 6.45) is 8.24. The van der Waals surface area contributed by atoms with E-state index in [2.05, 4.69) is 15.0 Å². The van der Waals surface area contributed by atoms with Gasteiger partial charge >= 0.3 is 5.97 Å². The van der Waals surface area contributed by atoms with E-state index in [0.717, 1.165) is 19.3 Å². The maximum absolute atomic E-state index is 12.8. The summed E-state index contributed by atoms with van der Waals surface area (Å²) in [6.45, 7) is 0.665. The number of rotatable bonds is 5. The van der Waals surface area contributed by atoms with Crippen molar-refractivity contribution in [3.05, 3.63) is 29.5 Å². The molecule has 126 valence electrons. The normalized spacial score (nSPS) is 17.7. The predicted octanol–water partition coefficient (Wildman–Crippen LogP) is 2.46. The van der Waals surface area contributed by atoms with Crippen LogP contribution in [0.15, 0.2) is 24.7 Å². The van der Waals surface area contributed by atoms with E-state index in [-0.39, 0.29) is 18.4 Å². The molecular formula is C16H18N4O3S. The lowest BCUT2D eigenvalue weighted by atomic mass is 9.97. The first-order valence-electron chi connectivity index (χ1n) is 7.91. The Labute approximate surface area is 143 Å². The number of nitrogens with zero attached hydrogens (tertiary/aromatic N) is 4. The molecule has 0 bridgehead atoms. The van der Waals surface area contributed by atoms with Crippen molar-refractivity contribution in [3.63, 3.8) is 0 Å². The van der Waals surface area contributed by atoms with E-state index in [1.54, 1.807) is 29.6 Å². The summed E-state index contributed by atoms with van der Waals surface area (Å²) in [5.41, 5.74) is 0. The zero-order valence-corrected chi connectivity index (χ0v) is 13.9. The first-order chi connectivity index (χ1) is 11.6.